The van der Waals surface area contributed by atoms with Gasteiger partial charge in [-0.05, 0) is 29.3 Å². The zero-order chi connectivity index (χ0) is 14.7. The van der Waals surface area contributed by atoms with Gasteiger partial charge in [-0.1, -0.05) is 60.1 Å². The lowest BCUT2D eigenvalue weighted by Gasteiger charge is -2.17. The second-order valence-corrected chi connectivity index (χ2v) is 5.11. The Morgan fingerprint density at radius 2 is 1.62 bits per heavy atom. The molecule has 0 aliphatic rings. The van der Waals surface area contributed by atoms with E-state index in [1.807, 2.05) is 48.5 Å². The summed E-state index contributed by atoms with van der Waals surface area (Å²) in [5.41, 5.74) is 1.68. The molecule has 3 rings (SSSR count). The molecule has 0 unspecified atom stereocenters. The maximum Gasteiger partial charge on any atom is 0.209 e. The second kappa shape index (κ2) is 5.98. The van der Waals surface area contributed by atoms with E-state index >= 15 is 0 Å². The highest BCUT2D eigenvalue weighted by molar-refractivity contribution is 6.31. The smallest absolute Gasteiger partial charge is 0.209 e. The summed E-state index contributed by atoms with van der Waals surface area (Å²) in [6.07, 6.45) is 1.50. The van der Waals surface area contributed by atoms with Gasteiger partial charge in [-0.15, -0.1) is 0 Å². The molecule has 0 saturated carbocycles. The van der Waals surface area contributed by atoms with E-state index < -0.39 is 5.92 Å². The van der Waals surface area contributed by atoms with Gasteiger partial charge in [-0.2, -0.15) is 0 Å². The van der Waals surface area contributed by atoms with Crippen LogP contribution < -0.4 is 0 Å². The molecule has 0 saturated heterocycles. The van der Waals surface area contributed by atoms with Crippen LogP contribution in [0, 0.1) is 0 Å². The fourth-order valence-corrected chi connectivity index (χ4v) is 2.63. The van der Waals surface area contributed by atoms with Gasteiger partial charge >= 0.3 is 0 Å². The lowest BCUT2D eigenvalue weighted by atomic mass is 9.86. The van der Waals surface area contributed by atoms with Crippen molar-refractivity contribution in [1.82, 2.24) is 0 Å². The third-order valence-corrected chi connectivity index (χ3v) is 3.72. The first kappa shape index (κ1) is 13.7. The molecule has 0 spiro atoms. The molecule has 3 heteroatoms. The summed E-state index contributed by atoms with van der Waals surface area (Å²) in [5.74, 6) is -0.228. The van der Waals surface area contributed by atoms with Crippen molar-refractivity contribution in [3.8, 4) is 0 Å². The van der Waals surface area contributed by atoms with E-state index in [1.165, 1.54) is 6.26 Å². The van der Waals surface area contributed by atoms with Crippen LogP contribution in [0.4, 0.5) is 0 Å². The number of furan rings is 1. The molecule has 1 atom stereocenters. The highest BCUT2D eigenvalue weighted by atomic mass is 35.5. The zero-order valence-corrected chi connectivity index (χ0v) is 12.0. The largest absolute Gasteiger partial charge is 0.461 e. The Kier molecular flexibility index (Phi) is 3.89. The third-order valence-electron chi connectivity index (χ3n) is 3.38. The fourth-order valence-electron chi connectivity index (χ4n) is 2.39. The van der Waals surface area contributed by atoms with Crippen molar-refractivity contribution in [1.29, 1.82) is 0 Å². The predicted octanol–water partition coefficient (Wildman–Crippen LogP) is 4.95. The molecule has 0 N–H and O–H groups in total. The molecule has 0 aliphatic heterocycles. The molecule has 0 bridgehead atoms. The van der Waals surface area contributed by atoms with E-state index in [1.54, 1.807) is 18.2 Å². The topological polar surface area (TPSA) is 30.2 Å². The van der Waals surface area contributed by atoms with Crippen molar-refractivity contribution in [2.75, 3.05) is 0 Å². The molecule has 104 valence electrons. The highest BCUT2D eigenvalue weighted by Gasteiger charge is 2.27. The minimum absolute atomic E-state index is 0.0979. The molecule has 0 radical (unpaired) electrons. The Morgan fingerprint density at radius 1 is 0.905 bits per heavy atom. The monoisotopic (exact) mass is 296 g/mol. The van der Waals surface area contributed by atoms with Crippen LogP contribution in [0.5, 0.6) is 0 Å². The fraction of sp³-hybridized carbons (Fsp3) is 0.0556. The first-order valence-corrected chi connectivity index (χ1v) is 7.02. The van der Waals surface area contributed by atoms with E-state index in [0.717, 1.165) is 11.1 Å². The molecule has 1 aromatic heterocycles. The van der Waals surface area contributed by atoms with Gasteiger partial charge in [-0.3, -0.25) is 4.79 Å². The third kappa shape index (κ3) is 2.76. The first-order valence-electron chi connectivity index (χ1n) is 6.64. The molecule has 0 amide bonds. The Bertz CT molecular complexity index is 733. The summed E-state index contributed by atoms with van der Waals surface area (Å²) in [7, 11) is 0. The Morgan fingerprint density at radius 3 is 2.29 bits per heavy atom. The van der Waals surface area contributed by atoms with Gasteiger partial charge in [0.1, 0.15) is 0 Å². The molecule has 1 heterocycles. The minimum Gasteiger partial charge on any atom is -0.461 e. The Balaban J connectivity index is 2.12. The number of ketones is 1. The van der Waals surface area contributed by atoms with Crippen LogP contribution in [-0.4, -0.2) is 5.78 Å². The molecular formula is C18H13ClO2. The normalized spacial score (nSPS) is 12.0. The maximum atomic E-state index is 12.8. The lowest BCUT2D eigenvalue weighted by molar-refractivity contribution is 0.0947. The molecule has 0 aliphatic carbocycles. The van der Waals surface area contributed by atoms with Gasteiger partial charge in [-0.25, -0.2) is 0 Å². The van der Waals surface area contributed by atoms with E-state index in [0.29, 0.717) is 10.8 Å². The van der Waals surface area contributed by atoms with Crippen molar-refractivity contribution < 1.29 is 9.21 Å². The van der Waals surface area contributed by atoms with Crippen molar-refractivity contribution in [3.63, 3.8) is 0 Å². The average molecular weight is 297 g/mol. The lowest BCUT2D eigenvalue weighted by Crippen LogP contribution is -2.14. The van der Waals surface area contributed by atoms with Crippen LogP contribution in [0.25, 0.3) is 0 Å². The number of carbonyl (C=O) groups excluding carboxylic acids is 1. The average Bonchev–Trinajstić information content (AvgIpc) is 3.05. The van der Waals surface area contributed by atoms with Crippen LogP contribution in [0.15, 0.2) is 77.4 Å². The number of benzene rings is 2. The maximum absolute atomic E-state index is 12.8. The van der Waals surface area contributed by atoms with Crippen LogP contribution in [0.1, 0.15) is 27.6 Å². The van der Waals surface area contributed by atoms with Crippen LogP contribution >= 0.6 is 11.6 Å². The molecule has 0 fully saturated rings. The predicted molar refractivity (Wildman–Crippen MR) is 82.8 cm³/mol. The van der Waals surface area contributed by atoms with E-state index in [-0.39, 0.29) is 5.78 Å². The highest BCUT2D eigenvalue weighted by Crippen LogP contribution is 2.33. The Hall–Kier alpha value is -2.32. The summed E-state index contributed by atoms with van der Waals surface area (Å²) >= 11 is 6.29. The van der Waals surface area contributed by atoms with Crippen LogP contribution in [0.3, 0.4) is 0 Å². The molecule has 2 aromatic carbocycles. The molecule has 2 nitrogen and oxygen atoms in total. The molecule has 21 heavy (non-hydrogen) atoms. The summed E-state index contributed by atoms with van der Waals surface area (Å²) in [5, 5.41) is 0.575. The number of rotatable bonds is 4. The summed E-state index contributed by atoms with van der Waals surface area (Å²) in [4.78, 5) is 12.8. The van der Waals surface area contributed by atoms with Crippen LogP contribution in [0.2, 0.25) is 5.02 Å². The van der Waals surface area contributed by atoms with Gasteiger partial charge in [0.05, 0.1) is 12.2 Å². The molecule has 3 aromatic rings. The number of carbonyl (C=O) groups is 1. The van der Waals surface area contributed by atoms with Gasteiger partial charge in [0.2, 0.25) is 5.78 Å². The minimum atomic E-state index is -0.467. The zero-order valence-electron chi connectivity index (χ0n) is 11.2. The number of hydrogen-bond acceptors (Lipinski definition) is 2. The Labute approximate surface area is 128 Å². The summed E-state index contributed by atoms with van der Waals surface area (Å²) in [6, 6.07) is 20.4. The van der Waals surface area contributed by atoms with Crippen molar-refractivity contribution in [3.05, 3.63) is 94.9 Å². The van der Waals surface area contributed by atoms with Gasteiger partial charge < -0.3 is 4.42 Å². The number of halogens is 1. The van der Waals surface area contributed by atoms with E-state index in [2.05, 4.69) is 0 Å². The van der Waals surface area contributed by atoms with Gasteiger partial charge in [0.15, 0.2) is 5.76 Å². The van der Waals surface area contributed by atoms with E-state index in [9.17, 15) is 4.79 Å². The summed E-state index contributed by atoms with van der Waals surface area (Å²) < 4.78 is 5.27. The van der Waals surface area contributed by atoms with Gasteiger partial charge in [0, 0.05) is 5.02 Å². The SMILES string of the molecule is O=C(c1ccco1)[C@@H](c1ccccc1)c1ccccc1Cl. The van der Waals surface area contributed by atoms with Crippen molar-refractivity contribution >= 4 is 17.4 Å². The van der Waals surface area contributed by atoms with Crippen LogP contribution in [-0.2, 0) is 0 Å². The quantitative estimate of drug-likeness (QED) is 0.638. The van der Waals surface area contributed by atoms with Gasteiger partial charge in [0.25, 0.3) is 0 Å². The summed E-state index contributed by atoms with van der Waals surface area (Å²) in [6.45, 7) is 0. The standard InChI is InChI=1S/C18H13ClO2/c19-15-10-5-4-9-14(15)17(13-7-2-1-3-8-13)18(20)16-11-6-12-21-16/h1-12,17H/t17-/m0/s1. The van der Waals surface area contributed by atoms with E-state index in [4.69, 9.17) is 16.0 Å². The number of Topliss-reactive ketones (excluding diaryl/α,β-unsaturated/α-hetero) is 1. The second-order valence-electron chi connectivity index (χ2n) is 4.71. The first-order chi connectivity index (χ1) is 10.3. The molecular weight excluding hydrogens is 284 g/mol. The number of hydrogen-bond donors (Lipinski definition) is 0. The van der Waals surface area contributed by atoms with Crippen molar-refractivity contribution in [2.45, 2.75) is 5.92 Å². The van der Waals surface area contributed by atoms with Crippen molar-refractivity contribution in [2.24, 2.45) is 0 Å².